The van der Waals surface area contributed by atoms with Crippen molar-refractivity contribution < 1.29 is 18.7 Å². The van der Waals surface area contributed by atoms with Crippen molar-refractivity contribution in [1.29, 1.82) is 0 Å². The van der Waals surface area contributed by atoms with Gasteiger partial charge in [0.25, 0.3) is 0 Å². The van der Waals surface area contributed by atoms with Gasteiger partial charge in [0.15, 0.2) is 0 Å². The molecule has 0 saturated carbocycles. The Morgan fingerprint density at radius 1 is 1.12 bits per heavy atom. The molecule has 0 aliphatic carbocycles. The molecule has 33 heavy (non-hydrogen) atoms. The summed E-state index contributed by atoms with van der Waals surface area (Å²) in [4.78, 5) is 17.1. The minimum Gasteiger partial charge on any atom is -0.466 e. The number of ether oxygens (including phenoxy) is 2. The quantitative estimate of drug-likeness (QED) is 0.390. The van der Waals surface area contributed by atoms with Gasteiger partial charge >= 0.3 is 5.97 Å². The lowest BCUT2D eigenvalue weighted by molar-refractivity contribution is -0.143. The van der Waals surface area contributed by atoms with Crippen LogP contribution in [0.5, 0.6) is 0 Å². The monoisotopic (exact) mass is 449 g/mol. The van der Waals surface area contributed by atoms with E-state index in [0.29, 0.717) is 31.4 Å². The summed E-state index contributed by atoms with van der Waals surface area (Å²) in [6, 6.07) is 11.8. The van der Waals surface area contributed by atoms with E-state index in [2.05, 4.69) is 25.1 Å². The standard InChI is InChI=1S/C28H32FNO3/c1-4-33-26(31)7-5-6-25-23-16-18(2)8-10-22(23)27(21-9-11-24(29)19(3)17-21)28(30-25)20-12-14-32-15-13-20/h8-11,16-17,20H,4-7,12-15H2,1-3H3. The minimum atomic E-state index is -0.199. The molecule has 1 fully saturated rings. The van der Waals surface area contributed by atoms with Crippen LogP contribution >= 0.6 is 0 Å². The average molecular weight is 450 g/mol. The number of halogens is 1. The first kappa shape index (κ1) is 23.4. The van der Waals surface area contributed by atoms with Crippen LogP contribution in [0, 0.1) is 19.7 Å². The number of aryl methyl sites for hydroxylation is 3. The van der Waals surface area contributed by atoms with E-state index in [0.717, 1.165) is 64.9 Å². The second-order valence-corrected chi connectivity index (χ2v) is 8.88. The largest absolute Gasteiger partial charge is 0.466 e. The van der Waals surface area contributed by atoms with E-state index in [1.165, 1.54) is 0 Å². The van der Waals surface area contributed by atoms with Gasteiger partial charge in [0, 0.05) is 42.2 Å². The molecule has 0 N–H and O–H groups in total. The minimum absolute atomic E-state index is 0.166. The molecular formula is C28H32FNO3. The molecule has 4 rings (SSSR count). The highest BCUT2D eigenvalue weighted by atomic mass is 19.1. The number of carbonyl (C=O) groups excluding carboxylic acids is 1. The van der Waals surface area contributed by atoms with Crippen LogP contribution in [0.25, 0.3) is 21.9 Å². The highest BCUT2D eigenvalue weighted by molar-refractivity contribution is 5.99. The lowest BCUT2D eigenvalue weighted by atomic mass is 9.85. The third-order valence-corrected chi connectivity index (χ3v) is 6.42. The van der Waals surface area contributed by atoms with Crippen LogP contribution in [0.15, 0.2) is 36.4 Å². The van der Waals surface area contributed by atoms with Gasteiger partial charge in [-0.25, -0.2) is 4.39 Å². The number of aromatic nitrogens is 1. The number of nitrogens with zero attached hydrogens (tertiary/aromatic N) is 1. The molecule has 0 radical (unpaired) electrons. The Morgan fingerprint density at radius 3 is 2.64 bits per heavy atom. The Labute approximate surface area is 195 Å². The number of fused-ring (bicyclic) bond motifs is 1. The fourth-order valence-corrected chi connectivity index (χ4v) is 4.71. The van der Waals surface area contributed by atoms with E-state index in [1.807, 2.05) is 19.1 Å². The van der Waals surface area contributed by atoms with Crippen molar-refractivity contribution in [2.75, 3.05) is 19.8 Å². The summed E-state index contributed by atoms with van der Waals surface area (Å²) in [5.41, 5.74) is 5.96. The maximum atomic E-state index is 14.1. The van der Waals surface area contributed by atoms with Crippen LogP contribution in [-0.4, -0.2) is 30.8 Å². The van der Waals surface area contributed by atoms with Gasteiger partial charge in [-0.2, -0.15) is 0 Å². The molecule has 4 nitrogen and oxygen atoms in total. The molecule has 0 amide bonds. The summed E-state index contributed by atoms with van der Waals surface area (Å²) in [5, 5.41) is 2.24. The second kappa shape index (κ2) is 10.4. The fraction of sp³-hybridized carbons (Fsp3) is 0.429. The van der Waals surface area contributed by atoms with E-state index in [4.69, 9.17) is 14.5 Å². The predicted molar refractivity (Wildman–Crippen MR) is 129 cm³/mol. The maximum absolute atomic E-state index is 14.1. The van der Waals surface area contributed by atoms with Gasteiger partial charge in [-0.15, -0.1) is 0 Å². The van der Waals surface area contributed by atoms with Crippen LogP contribution in [0.2, 0.25) is 0 Å². The van der Waals surface area contributed by atoms with Gasteiger partial charge in [0.05, 0.1) is 12.3 Å². The van der Waals surface area contributed by atoms with Crippen LogP contribution in [0.1, 0.15) is 61.0 Å². The summed E-state index contributed by atoms with van der Waals surface area (Å²) >= 11 is 0. The molecule has 0 bridgehead atoms. The van der Waals surface area contributed by atoms with Crippen molar-refractivity contribution in [2.45, 2.75) is 58.8 Å². The second-order valence-electron chi connectivity index (χ2n) is 8.88. The number of benzene rings is 2. The average Bonchev–Trinajstić information content (AvgIpc) is 2.81. The third kappa shape index (κ3) is 5.25. The Balaban J connectivity index is 1.85. The number of carbonyl (C=O) groups is 1. The molecule has 0 spiro atoms. The molecule has 5 heteroatoms. The van der Waals surface area contributed by atoms with E-state index in [-0.39, 0.29) is 17.7 Å². The van der Waals surface area contributed by atoms with Crippen molar-refractivity contribution in [3.63, 3.8) is 0 Å². The molecule has 3 aromatic rings. The normalized spacial score (nSPS) is 14.5. The van der Waals surface area contributed by atoms with Gasteiger partial charge < -0.3 is 9.47 Å². The lowest BCUT2D eigenvalue weighted by Crippen LogP contribution is -2.17. The molecule has 1 aliphatic rings. The zero-order valence-corrected chi connectivity index (χ0v) is 19.7. The summed E-state index contributed by atoms with van der Waals surface area (Å²) < 4.78 is 24.8. The molecule has 0 atom stereocenters. The van der Waals surface area contributed by atoms with Gasteiger partial charge in [0.2, 0.25) is 0 Å². The highest BCUT2D eigenvalue weighted by Crippen LogP contribution is 2.40. The Bertz CT molecular complexity index is 1150. The Morgan fingerprint density at radius 2 is 1.91 bits per heavy atom. The third-order valence-electron chi connectivity index (χ3n) is 6.42. The maximum Gasteiger partial charge on any atom is 0.305 e. The van der Waals surface area contributed by atoms with Gasteiger partial charge in [-0.05, 0) is 81.2 Å². The fourth-order valence-electron chi connectivity index (χ4n) is 4.71. The summed E-state index contributed by atoms with van der Waals surface area (Å²) in [5.74, 6) is -0.0790. The molecule has 2 aromatic carbocycles. The van der Waals surface area contributed by atoms with E-state index >= 15 is 0 Å². The topological polar surface area (TPSA) is 48.4 Å². The van der Waals surface area contributed by atoms with Crippen LogP contribution < -0.4 is 0 Å². The van der Waals surface area contributed by atoms with Crippen molar-refractivity contribution in [2.24, 2.45) is 0 Å². The lowest BCUT2D eigenvalue weighted by Gasteiger charge is -2.26. The zero-order valence-electron chi connectivity index (χ0n) is 19.7. The van der Waals surface area contributed by atoms with E-state index in [9.17, 15) is 9.18 Å². The first-order valence-corrected chi connectivity index (χ1v) is 11.9. The van der Waals surface area contributed by atoms with Crippen molar-refractivity contribution in [3.8, 4) is 11.1 Å². The number of pyridine rings is 1. The number of rotatable bonds is 7. The number of hydrogen-bond acceptors (Lipinski definition) is 4. The van der Waals surface area contributed by atoms with E-state index in [1.54, 1.807) is 13.0 Å². The first-order chi connectivity index (χ1) is 16.0. The molecular weight excluding hydrogens is 417 g/mol. The summed E-state index contributed by atoms with van der Waals surface area (Å²) in [6.07, 6.45) is 3.61. The van der Waals surface area contributed by atoms with Gasteiger partial charge in [-0.3, -0.25) is 9.78 Å². The van der Waals surface area contributed by atoms with Crippen LogP contribution in [0.4, 0.5) is 4.39 Å². The molecule has 174 valence electrons. The van der Waals surface area contributed by atoms with Crippen LogP contribution in [0.3, 0.4) is 0 Å². The molecule has 1 aliphatic heterocycles. The SMILES string of the molecule is CCOC(=O)CCCc1nc(C2CCOCC2)c(-c2ccc(F)c(C)c2)c2ccc(C)cc12. The van der Waals surface area contributed by atoms with E-state index < -0.39 is 0 Å². The van der Waals surface area contributed by atoms with Gasteiger partial charge in [-0.1, -0.05) is 23.8 Å². The number of hydrogen-bond donors (Lipinski definition) is 0. The number of esters is 1. The predicted octanol–water partition coefficient (Wildman–Crippen LogP) is 6.44. The highest BCUT2D eigenvalue weighted by Gasteiger charge is 2.25. The van der Waals surface area contributed by atoms with Crippen molar-refractivity contribution in [1.82, 2.24) is 4.98 Å². The van der Waals surface area contributed by atoms with Crippen molar-refractivity contribution >= 4 is 16.7 Å². The Hall–Kier alpha value is -2.79. The summed E-state index contributed by atoms with van der Waals surface area (Å²) in [6.45, 7) is 7.55. The summed E-state index contributed by atoms with van der Waals surface area (Å²) in [7, 11) is 0. The molecule has 1 aromatic heterocycles. The zero-order chi connectivity index (χ0) is 23.4. The molecule has 2 heterocycles. The van der Waals surface area contributed by atoms with Crippen LogP contribution in [-0.2, 0) is 20.7 Å². The van der Waals surface area contributed by atoms with Gasteiger partial charge in [0.1, 0.15) is 5.82 Å². The van der Waals surface area contributed by atoms with Crippen molar-refractivity contribution in [3.05, 3.63) is 64.7 Å². The molecule has 0 unspecified atom stereocenters. The first-order valence-electron chi connectivity index (χ1n) is 11.9. The molecule has 1 saturated heterocycles. The smallest absolute Gasteiger partial charge is 0.305 e. The Kier molecular flexibility index (Phi) is 7.39.